The van der Waals surface area contributed by atoms with Crippen molar-refractivity contribution in [1.29, 1.82) is 0 Å². The minimum atomic E-state index is -3.65. The minimum absolute atomic E-state index is 0.0648. The Morgan fingerprint density at radius 3 is 2.70 bits per heavy atom. The number of hydrogen-bond donors (Lipinski definition) is 2. The summed E-state index contributed by atoms with van der Waals surface area (Å²) in [6.07, 6.45) is 0.351. The quantitative estimate of drug-likeness (QED) is 0.772. The van der Waals surface area contributed by atoms with Crippen molar-refractivity contribution in [3.63, 3.8) is 0 Å². The van der Waals surface area contributed by atoms with Crippen LogP contribution in [-0.2, 0) is 14.8 Å². The Morgan fingerprint density at radius 2 is 2.10 bits per heavy atom. The molecule has 1 atom stereocenters. The van der Waals surface area contributed by atoms with Crippen molar-refractivity contribution in [2.75, 3.05) is 20.3 Å². The van der Waals surface area contributed by atoms with Gasteiger partial charge in [0.15, 0.2) is 0 Å². The van der Waals surface area contributed by atoms with Crippen LogP contribution >= 0.6 is 15.9 Å². The van der Waals surface area contributed by atoms with Crippen molar-refractivity contribution in [2.45, 2.75) is 30.8 Å². The number of aryl methyl sites for hydroxylation is 1. The number of rotatable bonds is 7. The van der Waals surface area contributed by atoms with Gasteiger partial charge in [-0.05, 0) is 31.5 Å². The predicted octanol–water partition coefficient (Wildman–Crippen LogP) is 1.82. The van der Waals surface area contributed by atoms with Crippen LogP contribution in [0.15, 0.2) is 27.6 Å². The summed E-state index contributed by atoms with van der Waals surface area (Å²) in [6, 6.07) is 5.05. The molecular weight excluding hydrogens is 346 g/mol. The van der Waals surface area contributed by atoms with Crippen LogP contribution < -0.4 is 4.72 Å². The molecule has 2 N–H and O–H groups in total. The summed E-state index contributed by atoms with van der Waals surface area (Å²) in [6.45, 7) is 3.60. The van der Waals surface area contributed by atoms with Crippen LogP contribution in [0.25, 0.3) is 0 Å². The topological polar surface area (TPSA) is 75.6 Å². The summed E-state index contributed by atoms with van der Waals surface area (Å²) in [5, 5.41) is 10.1. The Balaban J connectivity index is 2.83. The zero-order chi connectivity index (χ0) is 15.4. The number of nitrogens with one attached hydrogen (secondary N) is 1. The van der Waals surface area contributed by atoms with Crippen molar-refractivity contribution in [3.8, 4) is 0 Å². The first-order valence-electron chi connectivity index (χ1n) is 6.15. The maximum Gasteiger partial charge on any atom is 0.240 e. The van der Waals surface area contributed by atoms with E-state index in [1.165, 1.54) is 7.11 Å². The third-order valence-corrected chi connectivity index (χ3v) is 4.96. The molecule has 0 amide bonds. The summed E-state index contributed by atoms with van der Waals surface area (Å²) in [4.78, 5) is 0.203. The first-order valence-corrected chi connectivity index (χ1v) is 8.43. The molecular formula is C13H20BrNO4S. The van der Waals surface area contributed by atoms with Gasteiger partial charge >= 0.3 is 0 Å². The summed E-state index contributed by atoms with van der Waals surface area (Å²) in [5.74, 6) is 0. The van der Waals surface area contributed by atoms with Gasteiger partial charge in [-0.1, -0.05) is 22.0 Å². The van der Waals surface area contributed by atoms with Gasteiger partial charge in [0.1, 0.15) is 0 Å². The van der Waals surface area contributed by atoms with Crippen LogP contribution in [0.4, 0.5) is 0 Å². The third kappa shape index (κ3) is 5.14. The molecule has 114 valence electrons. The molecule has 0 saturated carbocycles. The van der Waals surface area contributed by atoms with Gasteiger partial charge in [0.2, 0.25) is 10.0 Å². The minimum Gasteiger partial charge on any atom is -0.389 e. The second-order valence-electron chi connectivity index (χ2n) is 4.97. The zero-order valence-corrected chi connectivity index (χ0v) is 14.2. The van der Waals surface area contributed by atoms with Crippen molar-refractivity contribution in [2.24, 2.45) is 0 Å². The fourth-order valence-electron chi connectivity index (χ4n) is 1.60. The lowest BCUT2D eigenvalue weighted by molar-refractivity contribution is 0.0292. The highest BCUT2D eigenvalue weighted by atomic mass is 79.9. The second-order valence-corrected chi connectivity index (χ2v) is 7.63. The third-order valence-electron chi connectivity index (χ3n) is 2.93. The predicted molar refractivity (Wildman–Crippen MR) is 81.2 cm³/mol. The summed E-state index contributed by atoms with van der Waals surface area (Å²) < 4.78 is 32.5. The highest BCUT2D eigenvalue weighted by molar-refractivity contribution is 9.10. The molecule has 0 radical (unpaired) electrons. The molecule has 1 aromatic carbocycles. The van der Waals surface area contributed by atoms with Crippen LogP contribution in [0.2, 0.25) is 0 Å². The molecule has 5 nitrogen and oxygen atoms in total. The number of aliphatic hydroxyl groups is 1. The number of halogens is 1. The van der Waals surface area contributed by atoms with Gasteiger partial charge in [-0.15, -0.1) is 0 Å². The molecule has 0 saturated heterocycles. The van der Waals surface area contributed by atoms with E-state index in [2.05, 4.69) is 20.7 Å². The van der Waals surface area contributed by atoms with E-state index in [0.717, 1.165) is 0 Å². The van der Waals surface area contributed by atoms with E-state index >= 15 is 0 Å². The number of hydrogen-bond acceptors (Lipinski definition) is 4. The Hall–Kier alpha value is -0.470. The van der Waals surface area contributed by atoms with Crippen LogP contribution in [-0.4, -0.2) is 39.4 Å². The summed E-state index contributed by atoms with van der Waals surface area (Å²) in [5.41, 5.74) is -0.500. The SMILES string of the molecule is COCCC(C)(O)CNS(=O)(=O)c1cc(Br)ccc1C. The fourth-order valence-corrected chi connectivity index (χ4v) is 3.55. The maximum atomic E-state index is 12.3. The molecule has 0 fully saturated rings. The van der Waals surface area contributed by atoms with Gasteiger partial charge in [0.25, 0.3) is 0 Å². The average molecular weight is 366 g/mol. The highest BCUT2D eigenvalue weighted by Gasteiger charge is 2.25. The molecule has 0 heterocycles. The Bertz CT molecular complexity index is 557. The molecule has 0 spiro atoms. The average Bonchev–Trinajstić information content (AvgIpc) is 2.37. The first kappa shape index (κ1) is 17.6. The number of benzene rings is 1. The van der Waals surface area contributed by atoms with Crippen LogP contribution in [0, 0.1) is 6.92 Å². The van der Waals surface area contributed by atoms with E-state index in [4.69, 9.17) is 4.74 Å². The van der Waals surface area contributed by atoms with Crippen molar-refractivity contribution in [3.05, 3.63) is 28.2 Å². The van der Waals surface area contributed by atoms with E-state index in [-0.39, 0.29) is 11.4 Å². The van der Waals surface area contributed by atoms with Crippen molar-refractivity contribution >= 4 is 26.0 Å². The van der Waals surface area contributed by atoms with Crippen molar-refractivity contribution in [1.82, 2.24) is 4.72 Å². The number of ether oxygens (including phenoxy) is 1. The summed E-state index contributed by atoms with van der Waals surface area (Å²) >= 11 is 3.26. The standard InChI is InChI=1S/C13H20BrNO4S/c1-10-4-5-11(14)8-12(10)20(17,18)15-9-13(2,16)6-7-19-3/h4-5,8,15-16H,6-7,9H2,1-3H3. The smallest absolute Gasteiger partial charge is 0.240 e. The molecule has 20 heavy (non-hydrogen) atoms. The van der Waals surface area contributed by atoms with Crippen LogP contribution in [0.1, 0.15) is 18.9 Å². The van der Waals surface area contributed by atoms with E-state index in [1.54, 1.807) is 32.0 Å². The van der Waals surface area contributed by atoms with Crippen LogP contribution in [0.5, 0.6) is 0 Å². The lowest BCUT2D eigenvalue weighted by Gasteiger charge is -2.23. The fraction of sp³-hybridized carbons (Fsp3) is 0.538. The second kappa shape index (κ2) is 7.00. The monoisotopic (exact) mass is 365 g/mol. The zero-order valence-electron chi connectivity index (χ0n) is 11.8. The molecule has 0 aliphatic carbocycles. The lowest BCUT2D eigenvalue weighted by Crippen LogP contribution is -2.41. The van der Waals surface area contributed by atoms with Crippen LogP contribution in [0.3, 0.4) is 0 Å². The number of sulfonamides is 1. The lowest BCUT2D eigenvalue weighted by atomic mass is 10.0. The molecule has 0 aromatic heterocycles. The maximum absolute atomic E-state index is 12.3. The molecule has 7 heteroatoms. The Kier molecular flexibility index (Phi) is 6.15. The Labute approximate surface area is 128 Å². The molecule has 1 unspecified atom stereocenters. The van der Waals surface area contributed by atoms with Gasteiger partial charge in [-0.25, -0.2) is 13.1 Å². The van der Waals surface area contributed by atoms with E-state index in [1.807, 2.05) is 0 Å². The first-order chi connectivity index (χ1) is 9.18. The largest absolute Gasteiger partial charge is 0.389 e. The molecule has 0 aliphatic heterocycles. The van der Waals surface area contributed by atoms with Gasteiger partial charge in [-0.3, -0.25) is 0 Å². The van der Waals surface area contributed by atoms with Gasteiger partial charge in [-0.2, -0.15) is 0 Å². The normalized spacial score (nSPS) is 15.1. The highest BCUT2D eigenvalue weighted by Crippen LogP contribution is 2.21. The molecule has 1 aromatic rings. The van der Waals surface area contributed by atoms with E-state index < -0.39 is 15.6 Å². The van der Waals surface area contributed by atoms with Gasteiger partial charge < -0.3 is 9.84 Å². The number of methoxy groups -OCH3 is 1. The van der Waals surface area contributed by atoms with Gasteiger partial charge in [0, 0.05) is 31.2 Å². The van der Waals surface area contributed by atoms with E-state index in [9.17, 15) is 13.5 Å². The molecule has 0 bridgehead atoms. The van der Waals surface area contributed by atoms with Gasteiger partial charge in [0.05, 0.1) is 10.5 Å². The Morgan fingerprint density at radius 1 is 1.45 bits per heavy atom. The molecule has 0 aliphatic rings. The molecule has 1 rings (SSSR count). The summed E-state index contributed by atoms with van der Waals surface area (Å²) in [7, 11) is -2.12. The van der Waals surface area contributed by atoms with Crippen molar-refractivity contribution < 1.29 is 18.3 Å². The van der Waals surface area contributed by atoms with E-state index in [0.29, 0.717) is 23.1 Å².